The summed E-state index contributed by atoms with van der Waals surface area (Å²) in [6.45, 7) is 8.44. The van der Waals surface area contributed by atoms with Crippen molar-refractivity contribution in [3.8, 4) is 0 Å². The lowest BCUT2D eigenvalue weighted by molar-refractivity contribution is -0.139. The predicted octanol–water partition coefficient (Wildman–Crippen LogP) is 1.69. The van der Waals surface area contributed by atoms with Crippen LogP contribution in [0.25, 0.3) is 0 Å². The number of carbonyl (C=O) groups is 2. The normalized spacial score (nSPS) is 28.9. The molecule has 2 atom stereocenters. The van der Waals surface area contributed by atoms with Crippen LogP contribution >= 0.6 is 0 Å². The van der Waals surface area contributed by atoms with Crippen LogP contribution in [0.1, 0.15) is 46.5 Å². The van der Waals surface area contributed by atoms with Gasteiger partial charge in [-0.15, -0.1) is 0 Å². The largest absolute Gasteiger partial charge is 0.341 e. The molecule has 0 saturated carbocycles. The van der Waals surface area contributed by atoms with E-state index in [1.807, 2.05) is 4.90 Å². The van der Waals surface area contributed by atoms with Gasteiger partial charge in [-0.25, -0.2) is 0 Å². The van der Waals surface area contributed by atoms with Crippen molar-refractivity contribution in [2.75, 3.05) is 19.6 Å². The first-order chi connectivity index (χ1) is 9.00. The Bertz CT molecular complexity index is 354. The van der Waals surface area contributed by atoms with Crippen molar-refractivity contribution in [1.82, 2.24) is 9.80 Å². The van der Waals surface area contributed by atoms with Gasteiger partial charge in [0.05, 0.1) is 6.04 Å². The van der Waals surface area contributed by atoms with E-state index >= 15 is 0 Å². The fourth-order valence-electron chi connectivity index (χ4n) is 3.39. The molecule has 0 aromatic carbocycles. The van der Waals surface area contributed by atoms with Gasteiger partial charge in [-0.05, 0) is 53.0 Å². The smallest absolute Gasteiger partial charge is 0.239 e. The Hall–Kier alpha value is -0.900. The Morgan fingerprint density at radius 2 is 1.79 bits per heavy atom. The summed E-state index contributed by atoms with van der Waals surface area (Å²) in [7, 11) is 0. The van der Waals surface area contributed by atoms with E-state index in [-0.39, 0.29) is 23.7 Å². The number of hydrogen-bond acceptors (Lipinski definition) is 3. The molecule has 108 valence electrons. The highest BCUT2D eigenvalue weighted by Crippen LogP contribution is 2.25. The average Bonchev–Trinajstić information content (AvgIpc) is 2.87. The van der Waals surface area contributed by atoms with Crippen LogP contribution < -0.4 is 0 Å². The van der Waals surface area contributed by atoms with Gasteiger partial charge in [0.15, 0.2) is 0 Å². The van der Waals surface area contributed by atoms with Gasteiger partial charge in [-0.1, -0.05) is 0 Å². The van der Waals surface area contributed by atoms with E-state index in [9.17, 15) is 9.59 Å². The summed E-state index contributed by atoms with van der Waals surface area (Å²) in [5, 5.41) is 0. The summed E-state index contributed by atoms with van der Waals surface area (Å²) >= 11 is 0. The fourth-order valence-corrected chi connectivity index (χ4v) is 3.39. The van der Waals surface area contributed by atoms with Gasteiger partial charge < -0.3 is 4.90 Å². The lowest BCUT2D eigenvalue weighted by atomic mass is 9.94. The quantitative estimate of drug-likeness (QED) is 0.780. The van der Waals surface area contributed by atoms with E-state index in [2.05, 4.69) is 18.7 Å². The molecule has 1 amide bonds. The number of nitrogens with zero attached hydrogens (tertiary/aromatic N) is 2. The molecule has 2 aliphatic heterocycles. The number of hydrogen-bond donors (Lipinski definition) is 0. The van der Waals surface area contributed by atoms with E-state index < -0.39 is 0 Å². The molecule has 0 radical (unpaired) electrons. The third kappa shape index (κ3) is 3.16. The Morgan fingerprint density at radius 3 is 2.42 bits per heavy atom. The molecule has 0 bridgehead atoms. The number of carbonyl (C=O) groups excluding carboxylic acids is 2. The molecule has 2 aliphatic rings. The predicted molar refractivity (Wildman–Crippen MR) is 74.8 cm³/mol. The first-order valence-corrected chi connectivity index (χ1v) is 7.55. The molecule has 0 aromatic rings. The Labute approximate surface area is 116 Å². The number of Topliss-reactive ketones (excluding diaryl/α,β-unsaturated/α-hetero) is 1. The zero-order valence-corrected chi connectivity index (χ0v) is 12.4. The van der Waals surface area contributed by atoms with E-state index in [4.69, 9.17) is 0 Å². The lowest BCUT2D eigenvalue weighted by Crippen LogP contribution is -2.51. The number of amides is 1. The number of likely N-dealkylation sites (tertiary alicyclic amines) is 2. The maximum atomic E-state index is 12.7. The first-order valence-electron chi connectivity index (χ1n) is 7.55. The molecule has 2 saturated heterocycles. The van der Waals surface area contributed by atoms with Crippen molar-refractivity contribution < 1.29 is 9.59 Å². The van der Waals surface area contributed by atoms with E-state index in [0.29, 0.717) is 12.6 Å². The van der Waals surface area contributed by atoms with Crippen molar-refractivity contribution in [3.05, 3.63) is 0 Å². The molecule has 4 nitrogen and oxygen atoms in total. The number of rotatable bonds is 3. The third-order valence-electron chi connectivity index (χ3n) is 4.55. The van der Waals surface area contributed by atoms with Gasteiger partial charge in [-0.3, -0.25) is 14.5 Å². The van der Waals surface area contributed by atoms with Crippen LogP contribution in [0.3, 0.4) is 0 Å². The van der Waals surface area contributed by atoms with Crippen LogP contribution in [-0.4, -0.2) is 53.2 Å². The van der Waals surface area contributed by atoms with Gasteiger partial charge in [-0.2, -0.15) is 0 Å². The topological polar surface area (TPSA) is 40.6 Å². The van der Waals surface area contributed by atoms with Crippen molar-refractivity contribution in [2.24, 2.45) is 5.92 Å². The van der Waals surface area contributed by atoms with Crippen molar-refractivity contribution in [3.63, 3.8) is 0 Å². The van der Waals surface area contributed by atoms with Crippen LogP contribution in [0.4, 0.5) is 0 Å². The van der Waals surface area contributed by atoms with Gasteiger partial charge in [0.25, 0.3) is 0 Å². The van der Waals surface area contributed by atoms with Crippen LogP contribution in [0.2, 0.25) is 0 Å². The minimum absolute atomic E-state index is 0.0470. The average molecular weight is 266 g/mol. The highest BCUT2D eigenvalue weighted by atomic mass is 16.2. The van der Waals surface area contributed by atoms with Gasteiger partial charge in [0, 0.05) is 25.0 Å². The molecule has 4 heteroatoms. The Balaban J connectivity index is 2.00. The molecule has 2 heterocycles. The molecule has 2 fully saturated rings. The molecule has 1 unspecified atom stereocenters. The second kappa shape index (κ2) is 6.04. The number of piperidine rings is 1. The van der Waals surface area contributed by atoms with Crippen LogP contribution in [0.5, 0.6) is 0 Å². The van der Waals surface area contributed by atoms with E-state index in [0.717, 1.165) is 38.8 Å². The molecule has 0 N–H and O–H groups in total. The summed E-state index contributed by atoms with van der Waals surface area (Å²) in [4.78, 5) is 28.4. The van der Waals surface area contributed by atoms with Crippen LogP contribution in [0, 0.1) is 5.92 Å². The van der Waals surface area contributed by atoms with Crippen LogP contribution in [0.15, 0.2) is 0 Å². The summed E-state index contributed by atoms with van der Waals surface area (Å²) in [5.74, 6) is 0.536. The van der Waals surface area contributed by atoms with Crippen LogP contribution in [-0.2, 0) is 9.59 Å². The summed E-state index contributed by atoms with van der Waals surface area (Å²) < 4.78 is 0. The molecule has 2 rings (SSSR count). The maximum absolute atomic E-state index is 12.7. The SMILES string of the molecule is CC(=O)C1CCCN(C(=O)[C@@H]2CCCN2C(C)C)C1. The minimum Gasteiger partial charge on any atom is -0.341 e. The third-order valence-corrected chi connectivity index (χ3v) is 4.55. The molecule has 0 spiro atoms. The van der Waals surface area contributed by atoms with Crippen molar-refractivity contribution in [2.45, 2.75) is 58.5 Å². The highest BCUT2D eigenvalue weighted by Gasteiger charge is 2.36. The fraction of sp³-hybridized carbons (Fsp3) is 0.867. The monoisotopic (exact) mass is 266 g/mol. The molecule has 0 aliphatic carbocycles. The van der Waals surface area contributed by atoms with Crippen molar-refractivity contribution in [1.29, 1.82) is 0 Å². The summed E-state index contributed by atoms with van der Waals surface area (Å²) in [5.41, 5.74) is 0. The minimum atomic E-state index is 0.0470. The first kappa shape index (κ1) is 14.5. The lowest BCUT2D eigenvalue weighted by Gasteiger charge is -2.36. The molecular formula is C15H26N2O2. The maximum Gasteiger partial charge on any atom is 0.239 e. The standard InChI is InChI=1S/C15H26N2O2/c1-11(2)17-9-5-7-14(17)15(19)16-8-4-6-13(10-16)12(3)18/h11,13-14H,4-10H2,1-3H3/t13?,14-/m0/s1. The number of ketones is 1. The molecule has 0 aromatic heterocycles. The second-order valence-corrected chi connectivity index (χ2v) is 6.22. The van der Waals surface area contributed by atoms with Gasteiger partial charge >= 0.3 is 0 Å². The van der Waals surface area contributed by atoms with Gasteiger partial charge in [0.1, 0.15) is 5.78 Å². The Morgan fingerprint density at radius 1 is 1.11 bits per heavy atom. The summed E-state index contributed by atoms with van der Waals surface area (Å²) in [6, 6.07) is 0.468. The summed E-state index contributed by atoms with van der Waals surface area (Å²) in [6.07, 6.45) is 3.98. The zero-order valence-electron chi connectivity index (χ0n) is 12.4. The molecular weight excluding hydrogens is 240 g/mol. The van der Waals surface area contributed by atoms with Gasteiger partial charge in [0.2, 0.25) is 5.91 Å². The zero-order chi connectivity index (χ0) is 14.0. The Kier molecular flexibility index (Phi) is 4.61. The molecule has 19 heavy (non-hydrogen) atoms. The second-order valence-electron chi connectivity index (χ2n) is 6.22. The van der Waals surface area contributed by atoms with E-state index in [1.54, 1.807) is 6.92 Å². The van der Waals surface area contributed by atoms with E-state index in [1.165, 1.54) is 0 Å². The highest BCUT2D eigenvalue weighted by molar-refractivity contribution is 5.84. The van der Waals surface area contributed by atoms with Crippen molar-refractivity contribution >= 4 is 11.7 Å².